The molecule has 0 aliphatic rings. The van der Waals surface area contributed by atoms with Gasteiger partial charge in [-0.25, -0.2) is 4.57 Å². The first kappa shape index (κ1) is 55.3. The van der Waals surface area contributed by atoms with Gasteiger partial charge in [0.15, 0.2) is 11.9 Å². The van der Waals surface area contributed by atoms with Crippen molar-refractivity contribution in [2.45, 2.75) is 129 Å². The minimum atomic E-state index is -4.46. The summed E-state index contributed by atoms with van der Waals surface area (Å²) < 4.78 is 34.0. The summed E-state index contributed by atoms with van der Waals surface area (Å²) in [6.45, 7) is 3.89. The van der Waals surface area contributed by atoms with E-state index in [9.17, 15) is 23.8 Å². The highest BCUT2D eigenvalue weighted by Crippen LogP contribution is 2.43. The van der Waals surface area contributed by atoms with Crippen molar-refractivity contribution in [3.05, 3.63) is 109 Å². The van der Waals surface area contributed by atoms with Crippen LogP contribution in [-0.2, 0) is 37.5 Å². The topological polar surface area (TPSA) is 125 Å². The van der Waals surface area contributed by atoms with Crippen LogP contribution >= 0.6 is 7.82 Å². The maximum Gasteiger partial charge on any atom is 0.472 e. The van der Waals surface area contributed by atoms with Gasteiger partial charge in [0.05, 0.1) is 27.7 Å². The third-order valence-corrected chi connectivity index (χ3v) is 9.25. The monoisotopic (exact) mass is 843 g/mol. The fourth-order valence-electron chi connectivity index (χ4n) is 4.88. The van der Waals surface area contributed by atoms with E-state index < -0.39 is 32.5 Å². The highest BCUT2D eigenvalue weighted by molar-refractivity contribution is 7.47. The number of allylic oxidation sites excluding steroid dienone is 18. The van der Waals surface area contributed by atoms with Gasteiger partial charge in [0.1, 0.15) is 19.8 Å². The molecule has 0 aromatic heterocycles. The Morgan fingerprint density at radius 2 is 1.12 bits per heavy atom. The molecule has 0 radical (unpaired) electrons. The van der Waals surface area contributed by atoms with E-state index in [0.717, 1.165) is 51.4 Å². The van der Waals surface area contributed by atoms with Gasteiger partial charge < -0.3 is 18.9 Å². The number of unbranched alkanes of at least 4 members (excludes halogenated alkanes) is 4. The number of phosphoric ester groups is 1. The SMILES string of the molecule is CC/C=C\C/C=C\C/C=C\C/C=C\C/C=C\CCCC(=O)OC[C@H](COP(=O)(O)OCC[N+](C)(C)C)OC(=O)CCCC(=O)/C=C/C=C\C/C=C\C/C=C\CCCCC. The van der Waals surface area contributed by atoms with E-state index in [1.165, 1.54) is 25.3 Å². The van der Waals surface area contributed by atoms with E-state index in [1.54, 1.807) is 6.08 Å². The Labute approximate surface area is 357 Å². The van der Waals surface area contributed by atoms with Gasteiger partial charge in [-0.05, 0) is 83.1 Å². The first-order valence-corrected chi connectivity index (χ1v) is 23.1. The summed E-state index contributed by atoms with van der Waals surface area (Å²) in [6.07, 6.45) is 48.7. The summed E-state index contributed by atoms with van der Waals surface area (Å²) in [6, 6.07) is 0. The first-order valence-electron chi connectivity index (χ1n) is 21.6. The number of carbonyl (C=O) groups is 3. The molecule has 59 heavy (non-hydrogen) atoms. The minimum Gasteiger partial charge on any atom is -0.462 e. The van der Waals surface area contributed by atoms with Crippen LogP contribution in [0.4, 0.5) is 0 Å². The highest BCUT2D eigenvalue weighted by atomic mass is 31.2. The van der Waals surface area contributed by atoms with Crippen LogP contribution in [0.5, 0.6) is 0 Å². The van der Waals surface area contributed by atoms with E-state index in [1.807, 2.05) is 39.4 Å². The second-order valence-corrected chi connectivity index (χ2v) is 16.5. The lowest BCUT2D eigenvalue weighted by Gasteiger charge is -2.24. The number of hydrogen-bond donors (Lipinski definition) is 1. The Morgan fingerprint density at radius 1 is 0.593 bits per heavy atom. The zero-order valence-corrected chi connectivity index (χ0v) is 37.8. The van der Waals surface area contributed by atoms with Crippen LogP contribution in [0, 0.1) is 0 Å². The van der Waals surface area contributed by atoms with E-state index >= 15 is 0 Å². The average Bonchev–Trinajstić information content (AvgIpc) is 3.18. The number of esters is 2. The van der Waals surface area contributed by atoms with Crippen molar-refractivity contribution in [2.24, 2.45) is 0 Å². The molecule has 1 unspecified atom stereocenters. The van der Waals surface area contributed by atoms with Crippen LogP contribution in [-0.4, -0.2) is 80.7 Å². The number of likely N-dealkylation sites (N-methyl/N-ethyl adjacent to an activating group) is 1. The Bertz CT molecular complexity index is 1430. The number of ether oxygens (including phenoxy) is 2. The number of quaternary nitrogens is 1. The molecule has 0 bridgehead atoms. The predicted octanol–water partition coefficient (Wildman–Crippen LogP) is 11.5. The summed E-state index contributed by atoms with van der Waals surface area (Å²) in [5.74, 6) is -1.26. The molecule has 0 aliphatic carbocycles. The molecule has 11 heteroatoms. The van der Waals surface area contributed by atoms with Gasteiger partial charge in [-0.15, -0.1) is 0 Å². The average molecular weight is 843 g/mol. The van der Waals surface area contributed by atoms with Gasteiger partial charge in [-0.3, -0.25) is 23.4 Å². The number of hydrogen-bond acceptors (Lipinski definition) is 8. The molecule has 0 aromatic rings. The lowest BCUT2D eigenvalue weighted by molar-refractivity contribution is -0.870. The number of ketones is 1. The summed E-state index contributed by atoms with van der Waals surface area (Å²) >= 11 is 0. The maximum atomic E-state index is 12.7. The molecule has 0 saturated heterocycles. The Kier molecular flexibility index (Phi) is 36.1. The smallest absolute Gasteiger partial charge is 0.462 e. The Hall–Kier alpha value is -3.66. The lowest BCUT2D eigenvalue weighted by Crippen LogP contribution is -2.37. The molecule has 0 rings (SSSR count). The van der Waals surface area contributed by atoms with Gasteiger partial charge >= 0.3 is 19.8 Å². The number of phosphoric acid groups is 1. The Balaban J connectivity index is 4.70. The van der Waals surface area contributed by atoms with Crippen LogP contribution in [0.15, 0.2) is 109 Å². The van der Waals surface area contributed by atoms with Gasteiger partial charge in [-0.2, -0.15) is 0 Å². The van der Waals surface area contributed by atoms with Crippen molar-refractivity contribution in [2.75, 3.05) is 47.5 Å². The van der Waals surface area contributed by atoms with E-state index in [0.29, 0.717) is 23.9 Å². The zero-order chi connectivity index (χ0) is 43.7. The first-order chi connectivity index (χ1) is 28.4. The third kappa shape index (κ3) is 42.3. The molecule has 1 N–H and O–H groups in total. The molecule has 0 aromatic carbocycles. The van der Waals surface area contributed by atoms with Crippen LogP contribution < -0.4 is 0 Å². The number of nitrogens with zero attached hydrogens (tertiary/aromatic N) is 1. The largest absolute Gasteiger partial charge is 0.472 e. The fraction of sp³-hybridized carbons (Fsp3) is 0.562. The van der Waals surface area contributed by atoms with Crippen LogP contribution in [0.25, 0.3) is 0 Å². The quantitative estimate of drug-likeness (QED) is 0.0124. The van der Waals surface area contributed by atoms with Crippen LogP contribution in [0.3, 0.4) is 0 Å². The second kappa shape index (κ2) is 38.5. The maximum absolute atomic E-state index is 12.7. The summed E-state index contributed by atoms with van der Waals surface area (Å²) in [7, 11) is 1.28. The molecular weight excluding hydrogens is 765 g/mol. The minimum absolute atomic E-state index is 0.0267. The van der Waals surface area contributed by atoms with Crippen molar-refractivity contribution >= 4 is 25.5 Å². The van der Waals surface area contributed by atoms with Crippen molar-refractivity contribution in [3.63, 3.8) is 0 Å². The Morgan fingerprint density at radius 3 is 1.68 bits per heavy atom. The molecule has 0 fully saturated rings. The van der Waals surface area contributed by atoms with Gasteiger partial charge in [-0.1, -0.05) is 130 Å². The van der Waals surface area contributed by atoms with E-state index in [4.69, 9.17) is 18.5 Å². The molecule has 0 heterocycles. The summed E-state index contributed by atoms with van der Waals surface area (Å²) in [5, 5.41) is 0. The molecule has 332 valence electrons. The van der Waals surface area contributed by atoms with Crippen LogP contribution in [0.1, 0.15) is 123 Å². The van der Waals surface area contributed by atoms with Gasteiger partial charge in [0.25, 0.3) is 0 Å². The summed E-state index contributed by atoms with van der Waals surface area (Å²) in [4.78, 5) is 47.6. The summed E-state index contributed by atoms with van der Waals surface area (Å²) in [5.41, 5.74) is 0. The molecule has 10 nitrogen and oxygen atoms in total. The number of rotatable bonds is 37. The third-order valence-electron chi connectivity index (χ3n) is 8.26. The zero-order valence-electron chi connectivity index (χ0n) is 36.9. The van der Waals surface area contributed by atoms with Crippen molar-refractivity contribution in [3.8, 4) is 0 Å². The molecule has 0 spiro atoms. The standard InChI is InChI=1S/C48H76NO9P/c1-6-8-10-12-14-16-18-20-21-22-23-25-27-29-31-33-35-39-47(51)55-43-46(44-57-59(53,54)56-42-41-49(3,4)5)58-48(52)40-36-38-45(50)37-34-32-30-28-26-24-19-17-15-13-11-9-7-2/h8,10,14-17,20-21,23-26,29-32,34,37,46H,6-7,9,11-13,18-19,22,27-28,33,35-36,38-44H2,1-5H3/p+1/b10-8-,16-14-,17-15-,21-20-,25-23-,26-24-,31-29-,32-30-,37-34+/t46-/m1/s1. The van der Waals surface area contributed by atoms with Crippen molar-refractivity contribution in [1.82, 2.24) is 0 Å². The molecule has 0 amide bonds. The van der Waals surface area contributed by atoms with Gasteiger partial charge in [0, 0.05) is 19.3 Å². The van der Waals surface area contributed by atoms with E-state index in [2.05, 4.69) is 92.8 Å². The predicted molar refractivity (Wildman–Crippen MR) is 243 cm³/mol. The van der Waals surface area contributed by atoms with Gasteiger partial charge in [0.2, 0.25) is 0 Å². The molecule has 0 saturated carbocycles. The van der Waals surface area contributed by atoms with E-state index in [-0.39, 0.29) is 44.7 Å². The molecule has 2 atom stereocenters. The fourth-order valence-corrected chi connectivity index (χ4v) is 5.62. The highest BCUT2D eigenvalue weighted by Gasteiger charge is 2.27. The van der Waals surface area contributed by atoms with Crippen LogP contribution in [0.2, 0.25) is 0 Å². The van der Waals surface area contributed by atoms with Crippen molar-refractivity contribution in [1.29, 1.82) is 0 Å². The second-order valence-electron chi connectivity index (χ2n) is 15.0. The molecular formula is C48H77NO9P+. The molecule has 0 aliphatic heterocycles. The lowest BCUT2D eigenvalue weighted by atomic mass is 10.1. The van der Waals surface area contributed by atoms with Crippen molar-refractivity contribution < 1.29 is 46.8 Å². The number of carbonyl (C=O) groups excluding carboxylic acids is 3. The normalized spacial score (nSPS) is 14.5.